The van der Waals surface area contributed by atoms with Gasteiger partial charge in [-0.2, -0.15) is 16.4 Å². The molecular weight excluding hydrogens is 322 g/mol. The van der Waals surface area contributed by atoms with Crippen molar-refractivity contribution in [3.8, 4) is 0 Å². The molecule has 7 heteroatoms. The topological polar surface area (TPSA) is 72.7 Å². The maximum absolute atomic E-state index is 12.5. The summed E-state index contributed by atoms with van der Waals surface area (Å²) >= 11 is 1.65. The lowest BCUT2D eigenvalue weighted by atomic mass is 10.0. The van der Waals surface area contributed by atoms with Crippen LogP contribution in [0.15, 0.2) is 41.4 Å². The number of nitrogens with zero attached hydrogens (tertiary/aromatic N) is 4. The smallest absolute Gasteiger partial charge is 0.242 e. The van der Waals surface area contributed by atoms with E-state index in [1.807, 2.05) is 31.4 Å². The molecule has 1 N–H and O–H groups in total. The Balaban J connectivity index is 1.73. The number of nitrogens with one attached hydrogen (secondary N) is 1. The van der Waals surface area contributed by atoms with Gasteiger partial charge in [-0.05, 0) is 54.3 Å². The third kappa shape index (κ3) is 4.05. The average molecular weight is 341 g/mol. The minimum absolute atomic E-state index is 0.0907. The minimum Gasteiger partial charge on any atom is -0.347 e. The molecule has 0 aliphatic heterocycles. The number of carbonyl (C=O) groups excluding carboxylic acids is 1. The molecule has 1 atom stereocenters. The predicted octanol–water partition coefficient (Wildman–Crippen LogP) is 2.45. The zero-order valence-electron chi connectivity index (χ0n) is 13.6. The fraction of sp³-hybridized carbons (Fsp3) is 0.294. The lowest BCUT2D eigenvalue weighted by Gasteiger charge is -2.18. The number of aryl methyl sites for hydroxylation is 2. The molecule has 1 amide bonds. The third-order valence-electron chi connectivity index (χ3n) is 3.70. The molecule has 0 spiro atoms. The van der Waals surface area contributed by atoms with E-state index in [2.05, 4.69) is 31.8 Å². The lowest BCUT2D eigenvalue weighted by molar-refractivity contribution is -0.122. The second kappa shape index (κ2) is 7.35. The fourth-order valence-electron chi connectivity index (χ4n) is 2.57. The molecule has 24 heavy (non-hydrogen) atoms. The molecular formula is C17H19N5OS. The lowest BCUT2D eigenvalue weighted by Crippen LogP contribution is -2.33. The molecule has 0 aromatic carbocycles. The minimum atomic E-state index is -0.120. The molecule has 0 saturated heterocycles. The summed E-state index contributed by atoms with van der Waals surface area (Å²) in [4.78, 5) is 20.9. The van der Waals surface area contributed by atoms with Crippen LogP contribution in [0.1, 0.15) is 28.8 Å². The van der Waals surface area contributed by atoms with Crippen LogP contribution < -0.4 is 5.32 Å². The van der Waals surface area contributed by atoms with Crippen molar-refractivity contribution in [2.45, 2.75) is 32.9 Å². The Morgan fingerprint density at radius 1 is 1.38 bits per heavy atom. The first-order valence-electron chi connectivity index (χ1n) is 7.70. The molecule has 0 bridgehead atoms. The number of rotatable bonds is 6. The summed E-state index contributed by atoms with van der Waals surface area (Å²) in [5.74, 6) is 1.31. The van der Waals surface area contributed by atoms with Gasteiger partial charge in [0, 0.05) is 12.4 Å². The Bertz CT molecular complexity index is 798. The number of hydrogen-bond acceptors (Lipinski definition) is 5. The van der Waals surface area contributed by atoms with Crippen molar-refractivity contribution >= 4 is 17.2 Å². The van der Waals surface area contributed by atoms with Crippen LogP contribution >= 0.6 is 11.3 Å². The molecule has 0 fully saturated rings. The van der Waals surface area contributed by atoms with Crippen LogP contribution in [-0.2, 0) is 17.8 Å². The molecule has 0 saturated carbocycles. The van der Waals surface area contributed by atoms with Crippen LogP contribution in [0.25, 0.3) is 0 Å². The number of hydrogen-bond donors (Lipinski definition) is 1. The molecule has 3 rings (SSSR count). The molecule has 3 aromatic heterocycles. The molecule has 0 radical (unpaired) electrons. The van der Waals surface area contributed by atoms with Crippen LogP contribution in [-0.4, -0.2) is 25.7 Å². The van der Waals surface area contributed by atoms with E-state index in [9.17, 15) is 4.79 Å². The Labute approximate surface area is 144 Å². The summed E-state index contributed by atoms with van der Waals surface area (Å²) in [6.45, 7) is 3.82. The van der Waals surface area contributed by atoms with Gasteiger partial charge in [0.05, 0.1) is 6.04 Å². The van der Waals surface area contributed by atoms with E-state index in [-0.39, 0.29) is 18.5 Å². The Morgan fingerprint density at radius 3 is 2.88 bits per heavy atom. The number of carbonyl (C=O) groups is 1. The largest absolute Gasteiger partial charge is 0.347 e. The van der Waals surface area contributed by atoms with Crippen molar-refractivity contribution in [3.05, 3.63) is 64.1 Å². The third-order valence-corrected chi connectivity index (χ3v) is 4.43. The van der Waals surface area contributed by atoms with Crippen LogP contribution in [0.5, 0.6) is 0 Å². The molecule has 0 aliphatic rings. The zero-order valence-corrected chi connectivity index (χ0v) is 14.5. The van der Waals surface area contributed by atoms with Crippen molar-refractivity contribution < 1.29 is 4.79 Å². The summed E-state index contributed by atoms with van der Waals surface area (Å²) in [7, 11) is 0. The highest BCUT2D eigenvalue weighted by Gasteiger charge is 2.17. The molecule has 3 aromatic rings. The summed E-state index contributed by atoms with van der Waals surface area (Å²) in [5, 5.41) is 11.5. The van der Waals surface area contributed by atoms with E-state index in [0.717, 1.165) is 17.8 Å². The SMILES string of the molecule is Cc1nc(C)n(CC(=O)N[C@H](Cc2ccsc2)c2cccnc2)n1. The summed E-state index contributed by atoms with van der Waals surface area (Å²) in [5.41, 5.74) is 2.19. The second-order valence-corrected chi connectivity index (χ2v) is 6.39. The van der Waals surface area contributed by atoms with Crippen LogP contribution in [0, 0.1) is 13.8 Å². The number of amides is 1. The van der Waals surface area contributed by atoms with Crippen LogP contribution in [0.3, 0.4) is 0 Å². The zero-order chi connectivity index (χ0) is 16.9. The number of aromatic nitrogens is 4. The highest BCUT2D eigenvalue weighted by Crippen LogP contribution is 2.19. The first kappa shape index (κ1) is 16.3. The number of thiophene rings is 1. The van der Waals surface area contributed by atoms with Gasteiger partial charge < -0.3 is 5.32 Å². The first-order valence-corrected chi connectivity index (χ1v) is 8.64. The highest BCUT2D eigenvalue weighted by atomic mass is 32.1. The van der Waals surface area contributed by atoms with Gasteiger partial charge in [-0.25, -0.2) is 9.67 Å². The van der Waals surface area contributed by atoms with E-state index in [1.54, 1.807) is 28.4 Å². The van der Waals surface area contributed by atoms with Gasteiger partial charge in [0.2, 0.25) is 5.91 Å². The van der Waals surface area contributed by atoms with Gasteiger partial charge >= 0.3 is 0 Å². The van der Waals surface area contributed by atoms with Gasteiger partial charge in [0.1, 0.15) is 18.2 Å². The van der Waals surface area contributed by atoms with E-state index in [0.29, 0.717) is 5.82 Å². The Kier molecular flexibility index (Phi) is 5.00. The molecule has 124 valence electrons. The van der Waals surface area contributed by atoms with E-state index < -0.39 is 0 Å². The molecule has 3 heterocycles. The maximum Gasteiger partial charge on any atom is 0.242 e. The van der Waals surface area contributed by atoms with Gasteiger partial charge in [-0.15, -0.1) is 0 Å². The van der Waals surface area contributed by atoms with E-state index in [1.165, 1.54) is 5.56 Å². The maximum atomic E-state index is 12.5. The Hall–Kier alpha value is -2.54. The first-order chi connectivity index (χ1) is 11.6. The monoisotopic (exact) mass is 341 g/mol. The summed E-state index contributed by atoms with van der Waals surface area (Å²) in [6, 6.07) is 5.82. The molecule has 0 unspecified atom stereocenters. The predicted molar refractivity (Wildman–Crippen MR) is 92.6 cm³/mol. The van der Waals surface area contributed by atoms with Crippen molar-refractivity contribution in [2.75, 3.05) is 0 Å². The van der Waals surface area contributed by atoms with Gasteiger partial charge in [0.25, 0.3) is 0 Å². The quantitative estimate of drug-likeness (QED) is 0.747. The molecule has 0 aliphatic carbocycles. The van der Waals surface area contributed by atoms with Gasteiger partial charge in [0.15, 0.2) is 0 Å². The van der Waals surface area contributed by atoms with E-state index >= 15 is 0 Å². The summed E-state index contributed by atoms with van der Waals surface area (Å²) < 4.78 is 1.62. The highest BCUT2D eigenvalue weighted by molar-refractivity contribution is 7.07. The Morgan fingerprint density at radius 2 is 2.25 bits per heavy atom. The standard InChI is InChI=1S/C17H19N5OS/c1-12-19-13(2)22(21-12)10-17(23)20-16(8-14-5-7-24-11-14)15-4-3-6-18-9-15/h3-7,9,11,16H,8,10H2,1-2H3,(H,20,23)/t16-/m1/s1. The van der Waals surface area contributed by atoms with Crippen molar-refractivity contribution in [2.24, 2.45) is 0 Å². The fourth-order valence-corrected chi connectivity index (χ4v) is 3.25. The van der Waals surface area contributed by atoms with Gasteiger partial charge in [-0.3, -0.25) is 9.78 Å². The second-order valence-electron chi connectivity index (χ2n) is 5.61. The average Bonchev–Trinajstić information content (AvgIpc) is 3.17. The molecule has 6 nitrogen and oxygen atoms in total. The van der Waals surface area contributed by atoms with Crippen LogP contribution in [0.2, 0.25) is 0 Å². The summed E-state index contributed by atoms with van der Waals surface area (Å²) in [6.07, 6.45) is 4.26. The van der Waals surface area contributed by atoms with Crippen LogP contribution in [0.4, 0.5) is 0 Å². The number of pyridine rings is 1. The van der Waals surface area contributed by atoms with Crippen molar-refractivity contribution in [1.82, 2.24) is 25.1 Å². The van der Waals surface area contributed by atoms with Gasteiger partial charge in [-0.1, -0.05) is 6.07 Å². The normalized spacial score (nSPS) is 12.1. The van der Waals surface area contributed by atoms with Crippen molar-refractivity contribution in [1.29, 1.82) is 0 Å². The van der Waals surface area contributed by atoms with Crippen molar-refractivity contribution in [3.63, 3.8) is 0 Å². The van der Waals surface area contributed by atoms with E-state index in [4.69, 9.17) is 0 Å².